The van der Waals surface area contributed by atoms with Crippen LogP contribution in [-0.4, -0.2) is 59.0 Å². The molecule has 1 N–H and O–H groups in total. The van der Waals surface area contributed by atoms with Crippen LogP contribution in [0.4, 0.5) is 10.5 Å². The number of benzene rings is 2. The van der Waals surface area contributed by atoms with Crippen LogP contribution in [0.3, 0.4) is 0 Å². The molecule has 158 valence electrons. The summed E-state index contributed by atoms with van der Waals surface area (Å²) >= 11 is 0. The highest BCUT2D eigenvalue weighted by Crippen LogP contribution is 2.29. The molecule has 3 aliphatic rings. The highest BCUT2D eigenvalue weighted by Gasteiger charge is 2.34. The second-order valence-electron chi connectivity index (χ2n) is 8.98. The van der Waals surface area contributed by atoms with Gasteiger partial charge in [0, 0.05) is 44.0 Å². The molecule has 5 heteroatoms. The zero-order valence-corrected chi connectivity index (χ0v) is 17.7. The average molecular weight is 405 g/mol. The van der Waals surface area contributed by atoms with Gasteiger partial charge in [-0.3, -0.25) is 4.90 Å². The molecular weight excluding hydrogens is 372 g/mol. The quantitative estimate of drug-likeness (QED) is 0.832. The second kappa shape index (κ2) is 8.78. The van der Waals surface area contributed by atoms with E-state index in [1.165, 1.54) is 37.1 Å². The van der Waals surface area contributed by atoms with Crippen LogP contribution in [0.25, 0.3) is 0 Å². The third-order valence-electron chi connectivity index (χ3n) is 7.12. The van der Waals surface area contributed by atoms with Gasteiger partial charge in [0.05, 0.1) is 0 Å². The number of likely N-dealkylation sites (tertiary alicyclic amines) is 2. The van der Waals surface area contributed by atoms with Gasteiger partial charge in [0.15, 0.2) is 0 Å². The van der Waals surface area contributed by atoms with Gasteiger partial charge in [-0.15, -0.1) is 0 Å². The van der Waals surface area contributed by atoms with Gasteiger partial charge in [0.2, 0.25) is 0 Å². The molecule has 30 heavy (non-hydrogen) atoms. The molecule has 5 rings (SSSR count). The Morgan fingerprint density at radius 3 is 2.23 bits per heavy atom. The first-order valence-electron chi connectivity index (χ1n) is 11.4. The number of hydrogen-bond acceptors (Lipinski definition) is 3. The van der Waals surface area contributed by atoms with Crippen LogP contribution in [0.5, 0.6) is 0 Å². The van der Waals surface area contributed by atoms with E-state index < -0.39 is 0 Å². The number of amides is 2. The van der Waals surface area contributed by atoms with Gasteiger partial charge >= 0.3 is 6.03 Å². The van der Waals surface area contributed by atoms with Crippen LogP contribution >= 0.6 is 0 Å². The molecule has 2 saturated heterocycles. The lowest BCUT2D eigenvalue weighted by atomic mass is 9.96. The summed E-state index contributed by atoms with van der Waals surface area (Å²) in [5.41, 5.74) is 3.61. The molecular formula is C25H32N4O. The summed E-state index contributed by atoms with van der Waals surface area (Å²) in [4.78, 5) is 20.0. The summed E-state index contributed by atoms with van der Waals surface area (Å²) in [5, 5.41) is 3.07. The largest absolute Gasteiger partial charge is 0.322 e. The number of rotatable bonds is 4. The normalized spacial score (nSPS) is 22.0. The van der Waals surface area contributed by atoms with E-state index >= 15 is 0 Å². The Hall–Kier alpha value is -2.37. The summed E-state index contributed by atoms with van der Waals surface area (Å²) in [6.45, 7) is 6.40. The van der Waals surface area contributed by atoms with E-state index in [2.05, 4.69) is 62.5 Å². The fourth-order valence-corrected chi connectivity index (χ4v) is 5.36. The Bertz CT molecular complexity index is 854. The first-order chi connectivity index (χ1) is 14.8. The topological polar surface area (TPSA) is 38.8 Å². The SMILES string of the molecule is O=C1Nc2ccccc2CN1C1CCN(C2CCN(Cc3ccccc3)CC2)CC1. The molecule has 2 aromatic rings. The van der Waals surface area contributed by atoms with Crippen molar-refractivity contribution in [2.24, 2.45) is 0 Å². The Morgan fingerprint density at radius 1 is 0.800 bits per heavy atom. The maximum absolute atomic E-state index is 12.6. The summed E-state index contributed by atoms with van der Waals surface area (Å²) in [5.74, 6) is 0. The molecule has 2 amide bonds. The second-order valence-corrected chi connectivity index (χ2v) is 8.98. The predicted octanol–water partition coefficient (Wildman–Crippen LogP) is 4.16. The summed E-state index contributed by atoms with van der Waals surface area (Å²) in [6, 6.07) is 20.1. The van der Waals surface area contributed by atoms with Crippen molar-refractivity contribution in [3.63, 3.8) is 0 Å². The zero-order chi connectivity index (χ0) is 20.3. The lowest BCUT2D eigenvalue weighted by Crippen LogP contribution is -2.53. The fraction of sp³-hybridized carbons (Fsp3) is 0.480. The van der Waals surface area contributed by atoms with Crippen molar-refractivity contribution >= 4 is 11.7 Å². The molecule has 0 aromatic heterocycles. The van der Waals surface area contributed by atoms with Crippen LogP contribution in [0.1, 0.15) is 36.8 Å². The van der Waals surface area contributed by atoms with Crippen molar-refractivity contribution in [1.82, 2.24) is 14.7 Å². The van der Waals surface area contributed by atoms with Crippen LogP contribution in [0.2, 0.25) is 0 Å². The third-order valence-corrected chi connectivity index (χ3v) is 7.12. The van der Waals surface area contributed by atoms with E-state index in [1.807, 2.05) is 12.1 Å². The Labute approximate surface area is 179 Å². The van der Waals surface area contributed by atoms with Crippen molar-refractivity contribution in [1.29, 1.82) is 0 Å². The van der Waals surface area contributed by atoms with Crippen molar-refractivity contribution < 1.29 is 4.79 Å². The fourth-order valence-electron chi connectivity index (χ4n) is 5.36. The molecule has 5 nitrogen and oxygen atoms in total. The number of hydrogen-bond donors (Lipinski definition) is 1. The molecule has 0 aliphatic carbocycles. The van der Waals surface area contributed by atoms with Gasteiger partial charge in [-0.05, 0) is 56.0 Å². The number of fused-ring (bicyclic) bond motifs is 1. The number of nitrogens with one attached hydrogen (secondary N) is 1. The van der Waals surface area contributed by atoms with E-state index in [0.717, 1.165) is 44.7 Å². The molecule has 0 spiro atoms. The van der Waals surface area contributed by atoms with Gasteiger partial charge in [0.25, 0.3) is 0 Å². The summed E-state index contributed by atoms with van der Waals surface area (Å²) < 4.78 is 0. The van der Waals surface area contributed by atoms with Crippen LogP contribution in [0, 0.1) is 0 Å². The zero-order valence-electron chi connectivity index (χ0n) is 17.7. The Balaban J connectivity index is 1.11. The average Bonchev–Trinajstić information content (AvgIpc) is 2.80. The lowest BCUT2D eigenvalue weighted by Gasteiger charge is -2.44. The number of para-hydroxylation sites is 1. The highest BCUT2D eigenvalue weighted by atomic mass is 16.2. The van der Waals surface area contributed by atoms with Crippen LogP contribution < -0.4 is 5.32 Å². The summed E-state index contributed by atoms with van der Waals surface area (Å²) in [7, 11) is 0. The van der Waals surface area contributed by atoms with Gasteiger partial charge in [-0.2, -0.15) is 0 Å². The molecule has 3 aliphatic heterocycles. The van der Waals surface area contributed by atoms with Gasteiger partial charge in [-0.25, -0.2) is 4.79 Å². The molecule has 3 heterocycles. The monoisotopic (exact) mass is 404 g/mol. The smallest absolute Gasteiger partial charge is 0.317 e. The van der Waals surface area contributed by atoms with E-state index in [-0.39, 0.29) is 6.03 Å². The van der Waals surface area contributed by atoms with Crippen LogP contribution in [-0.2, 0) is 13.1 Å². The molecule has 0 unspecified atom stereocenters. The molecule has 0 saturated carbocycles. The van der Waals surface area contributed by atoms with E-state index in [1.54, 1.807) is 0 Å². The number of carbonyl (C=O) groups excluding carboxylic acids is 1. The molecule has 0 radical (unpaired) electrons. The number of anilines is 1. The minimum absolute atomic E-state index is 0.0707. The van der Waals surface area contributed by atoms with Gasteiger partial charge in [-0.1, -0.05) is 48.5 Å². The Kier molecular flexibility index (Phi) is 5.73. The van der Waals surface area contributed by atoms with E-state index in [4.69, 9.17) is 0 Å². The first-order valence-corrected chi connectivity index (χ1v) is 11.4. The number of urea groups is 1. The van der Waals surface area contributed by atoms with Crippen molar-refractivity contribution in [3.8, 4) is 0 Å². The number of carbonyl (C=O) groups is 1. The number of piperidine rings is 2. The third kappa shape index (κ3) is 4.23. The van der Waals surface area contributed by atoms with Gasteiger partial charge in [0.1, 0.15) is 0 Å². The maximum atomic E-state index is 12.6. The number of nitrogens with zero attached hydrogens (tertiary/aromatic N) is 3. The molecule has 0 bridgehead atoms. The van der Waals surface area contributed by atoms with Crippen molar-refractivity contribution in [2.75, 3.05) is 31.5 Å². The summed E-state index contributed by atoms with van der Waals surface area (Å²) in [6.07, 6.45) is 4.68. The van der Waals surface area contributed by atoms with Gasteiger partial charge < -0.3 is 15.1 Å². The predicted molar refractivity (Wildman–Crippen MR) is 120 cm³/mol. The van der Waals surface area contributed by atoms with Crippen LogP contribution in [0.15, 0.2) is 54.6 Å². The Morgan fingerprint density at radius 2 is 1.47 bits per heavy atom. The minimum atomic E-state index is 0.0707. The molecule has 0 atom stereocenters. The maximum Gasteiger partial charge on any atom is 0.322 e. The standard InChI is InChI=1S/C25H32N4O/c30-25-26-24-9-5-4-8-21(24)19-29(25)23-12-16-28(17-13-23)22-10-14-27(15-11-22)18-20-6-2-1-3-7-20/h1-9,22-23H,10-19H2,(H,26,30). The first kappa shape index (κ1) is 19.6. The van der Waals surface area contributed by atoms with E-state index in [0.29, 0.717) is 12.1 Å². The molecule has 2 aromatic carbocycles. The highest BCUT2D eigenvalue weighted by molar-refractivity contribution is 5.92. The lowest BCUT2D eigenvalue weighted by molar-refractivity contribution is 0.0612. The minimum Gasteiger partial charge on any atom is -0.317 e. The van der Waals surface area contributed by atoms with E-state index in [9.17, 15) is 4.79 Å². The molecule has 2 fully saturated rings. The van der Waals surface area contributed by atoms with Crippen molar-refractivity contribution in [2.45, 2.75) is 50.9 Å². The van der Waals surface area contributed by atoms with Crippen molar-refractivity contribution in [3.05, 3.63) is 65.7 Å².